The molecule has 0 spiro atoms. The number of nitrogens with zero attached hydrogens (tertiary/aromatic N) is 1. The van der Waals surface area contributed by atoms with E-state index in [1.165, 1.54) is 11.3 Å². The fourth-order valence-electron chi connectivity index (χ4n) is 1.15. The lowest BCUT2D eigenvalue weighted by Crippen LogP contribution is -2.10. The van der Waals surface area contributed by atoms with Crippen LogP contribution in [0.2, 0.25) is 0 Å². The lowest BCUT2D eigenvalue weighted by atomic mass is 10.2. The first kappa shape index (κ1) is 11.8. The molecular formula is C10H14N2O2S. The number of aryl methyl sites for hydroxylation is 1. The van der Waals surface area contributed by atoms with Crippen molar-refractivity contribution in [2.75, 3.05) is 0 Å². The van der Waals surface area contributed by atoms with Crippen molar-refractivity contribution in [3.63, 3.8) is 0 Å². The number of amides is 1. The molecule has 1 heterocycles. The first-order valence-electron chi connectivity index (χ1n) is 4.89. The summed E-state index contributed by atoms with van der Waals surface area (Å²) in [5, 5.41) is 2.67. The van der Waals surface area contributed by atoms with Gasteiger partial charge in [0.15, 0.2) is 5.78 Å². The molecular weight excluding hydrogens is 212 g/mol. The van der Waals surface area contributed by atoms with E-state index in [1.807, 2.05) is 6.92 Å². The van der Waals surface area contributed by atoms with Crippen molar-refractivity contribution < 1.29 is 9.59 Å². The van der Waals surface area contributed by atoms with Crippen LogP contribution in [-0.4, -0.2) is 16.7 Å². The summed E-state index contributed by atoms with van der Waals surface area (Å²) in [6, 6.07) is 0. The van der Waals surface area contributed by atoms with Crippen LogP contribution in [0.4, 0.5) is 0 Å². The quantitative estimate of drug-likeness (QED) is 0.748. The highest BCUT2D eigenvalue weighted by molar-refractivity contribution is 7.09. The fourth-order valence-corrected chi connectivity index (χ4v) is 1.99. The van der Waals surface area contributed by atoms with E-state index in [2.05, 4.69) is 4.98 Å². The standard InChI is InChI=1S/C10H14N2O2S/c1-2-8(13)7-6-15-10(12-7)5-3-4-9(11)14/h6H,2-5H2,1H3,(H2,11,14). The topological polar surface area (TPSA) is 73.1 Å². The van der Waals surface area contributed by atoms with E-state index in [0.717, 1.165) is 5.01 Å². The maximum atomic E-state index is 11.3. The summed E-state index contributed by atoms with van der Waals surface area (Å²) in [7, 11) is 0. The molecule has 5 heteroatoms. The van der Waals surface area contributed by atoms with Crippen molar-refractivity contribution in [1.29, 1.82) is 0 Å². The molecule has 1 aromatic heterocycles. The zero-order valence-electron chi connectivity index (χ0n) is 8.66. The molecule has 15 heavy (non-hydrogen) atoms. The zero-order valence-corrected chi connectivity index (χ0v) is 9.47. The van der Waals surface area contributed by atoms with Crippen LogP contribution in [0.15, 0.2) is 5.38 Å². The van der Waals surface area contributed by atoms with Crippen molar-refractivity contribution >= 4 is 23.0 Å². The Bertz CT molecular complexity index is 360. The second-order valence-corrected chi connectivity index (χ2v) is 4.17. The highest BCUT2D eigenvalue weighted by Gasteiger charge is 2.08. The molecule has 0 atom stereocenters. The molecule has 0 aliphatic carbocycles. The predicted octanol–water partition coefficient (Wildman–Crippen LogP) is 1.54. The van der Waals surface area contributed by atoms with Crippen LogP contribution in [0.3, 0.4) is 0 Å². The highest BCUT2D eigenvalue weighted by Crippen LogP contribution is 2.13. The van der Waals surface area contributed by atoms with Gasteiger partial charge in [0.2, 0.25) is 5.91 Å². The third-order valence-corrected chi connectivity index (χ3v) is 2.88. The van der Waals surface area contributed by atoms with Gasteiger partial charge in [-0.15, -0.1) is 11.3 Å². The van der Waals surface area contributed by atoms with E-state index >= 15 is 0 Å². The zero-order chi connectivity index (χ0) is 11.3. The molecule has 0 saturated carbocycles. The number of carbonyl (C=O) groups excluding carboxylic acids is 2. The van der Waals surface area contributed by atoms with Gasteiger partial charge in [-0.05, 0) is 12.8 Å². The average Bonchev–Trinajstić information content (AvgIpc) is 2.65. The molecule has 0 aromatic carbocycles. The molecule has 0 saturated heterocycles. The Morgan fingerprint density at radius 2 is 2.27 bits per heavy atom. The molecule has 0 unspecified atom stereocenters. The highest BCUT2D eigenvalue weighted by atomic mass is 32.1. The third kappa shape index (κ3) is 3.79. The summed E-state index contributed by atoms with van der Waals surface area (Å²) in [4.78, 5) is 26.0. The first-order chi connectivity index (χ1) is 7.13. The number of hydrogen-bond donors (Lipinski definition) is 1. The van der Waals surface area contributed by atoms with Gasteiger partial charge < -0.3 is 5.73 Å². The maximum Gasteiger partial charge on any atom is 0.217 e. The van der Waals surface area contributed by atoms with E-state index in [1.54, 1.807) is 5.38 Å². The van der Waals surface area contributed by atoms with Crippen LogP contribution in [-0.2, 0) is 11.2 Å². The number of ketones is 1. The summed E-state index contributed by atoms with van der Waals surface area (Å²) >= 11 is 1.46. The molecule has 82 valence electrons. The maximum absolute atomic E-state index is 11.3. The van der Waals surface area contributed by atoms with E-state index in [9.17, 15) is 9.59 Å². The van der Waals surface area contributed by atoms with Gasteiger partial charge in [-0.3, -0.25) is 9.59 Å². The molecule has 0 radical (unpaired) electrons. The van der Waals surface area contributed by atoms with Gasteiger partial charge >= 0.3 is 0 Å². The normalized spacial score (nSPS) is 10.2. The van der Waals surface area contributed by atoms with Crippen LogP contribution in [0, 0.1) is 0 Å². The van der Waals surface area contributed by atoms with Gasteiger partial charge in [0.1, 0.15) is 5.69 Å². The number of rotatable bonds is 6. The molecule has 0 aliphatic heterocycles. The minimum Gasteiger partial charge on any atom is -0.370 e. The number of nitrogens with two attached hydrogens (primary N) is 1. The monoisotopic (exact) mass is 226 g/mol. The molecule has 0 bridgehead atoms. The molecule has 4 nitrogen and oxygen atoms in total. The Labute approximate surface area is 92.5 Å². The van der Waals surface area contributed by atoms with Crippen LogP contribution < -0.4 is 5.73 Å². The number of carbonyl (C=O) groups is 2. The van der Waals surface area contributed by atoms with Crippen LogP contribution in [0.1, 0.15) is 41.7 Å². The number of Topliss-reactive ketones (excluding diaryl/α,β-unsaturated/α-hetero) is 1. The Kier molecular flexibility index (Phi) is 4.42. The van der Waals surface area contributed by atoms with Gasteiger partial charge in [-0.2, -0.15) is 0 Å². The summed E-state index contributed by atoms with van der Waals surface area (Å²) in [5.41, 5.74) is 5.56. The minimum atomic E-state index is -0.295. The lowest BCUT2D eigenvalue weighted by molar-refractivity contribution is -0.118. The smallest absolute Gasteiger partial charge is 0.217 e. The molecule has 2 N–H and O–H groups in total. The summed E-state index contributed by atoms with van der Waals surface area (Å²) < 4.78 is 0. The Balaban J connectivity index is 2.46. The van der Waals surface area contributed by atoms with Crippen molar-refractivity contribution in [3.05, 3.63) is 16.1 Å². The second kappa shape index (κ2) is 5.60. The number of primary amides is 1. The Morgan fingerprint density at radius 3 is 2.87 bits per heavy atom. The first-order valence-corrected chi connectivity index (χ1v) is 5.77. The SMILES string of the molecule is CCC(=O)c1csc(CCCC(N)=O)n1. The second-order valence-electron chi connectivity index (χ2n) is 3.22. The summed E-state index contributed by atoms with van der Waals surface area (Å²) in [6.07, 6.45) is 2.26. The number of hydrogen-bond acceptors (Lipinski definition) is 4. The minimum absolute atomic E-state index is 0.0624. The van der Waals surface area contributed by atoms with Crippen LogP contribution in [0.25, 0.3) is 0 Å². The van der Waals surface area contributed by atoms with E-state index < -0.39 is 0 Å². The molecule has 1 aromatic rings. The molecule has 1 amide bonds. The fraction of sp³-hybridized carbons (Fsp3) is 0.500. The number of aromatic nitrogens is 1. The predicted molar refractivity (Wildman–Crippen MR) is 58.9 cm³/mol. The third-order valence-electron chi connectivity index (χ3n) is 1.97. The van der Waals surface area contributed by atoms with Gasteiger partial charge in [-0.25, -0.2) is 4.98 Å². The van der Waals surface area contributed by atoms with Crippen LogP contribution in [0.5, 0.6) is 0 Å². The number of thiazole rings is 1. The summed E-state index contributed by atoms with van der Waals surface area (Å²) in [5.74, 6) is -0.233. The van der Waals surface area contributed by atoms with Gasteiger partial charge in [0.05, 0.1) is 5.01 Å². The van der Waals surface area contributed by atoms with Crippen molar-refractivity contribution in [1.82, 2.24) is 4.98 Å². The van der Waals surface area contributed by atoms with Crippen molar-refractivity contribution in [2.24, 2.45) is 5.73 Å². The van der Waals surface area contributed by atoms with Crippen molar-refractivity contribution in [2.45, 2.75) is 32.6 Å². The van der Waals surface area contributed by atoms with Gasteiger partial charge in [0.25, 0.3) is 0 Å². The molecule has 0 fully saturated rings. The average molecular weight is 226 g/mol. The largest absolute Gasteiger partial charge is 0.370 e. The molecule has 1 rings (SSSR count). The van der Waals surface area contributed by atoms with Crippen LogP contribution >= 0.6 is 11.3 Å². The van der Waals surface area contributed by atoms with Crippen molar-refractivity contribution in [3.8, 4) is 0 Å². The van der Waals surface area contributed by atoms with E-state index in [4.69, 9.17) is 5.73 Å². The Morgan fingerprint density at radius 1 is 1.53 bits per heavy atom. The van der Waals surface area contributed by atoms with E-state index in [-0.39, 0.29) is 11.7 Å². The molecule has 0 aliphatic rings. The van der Waals surface area contributed by atoms with Gasteiger partial charge in [0, 0.05) is 18.2 Å². The van der Waals surface area contributed by atoms with E-state index in [0.29, 0.717) is 31.4 Å². The Hall–Kier alpha value is -1.23. The summed E-state index contributed by atoms with van der Waals surface area (Å²) in [6.45, 7) is 1.81. The lowest BCUT2D eigenvalue weighted by Gasteiger charge is -1.93. The van der Waals surface area contributed by atoms with Gasteiger partial charge in [-0.1, -0.05) is 6.92 Å².